The van der Waals surface area contributed by atoms with E-state index in [-0.39, 0.29) is 57.9 Å². The molecule has 4 aromatic rings. The SMILES string of the molecule is O=S(=O)(O)c1ccc2ccc3c(S(=O)(=O)O)cc(S(=O)(=O)O)c4ccc1c2c34.[H-].[Na+]. The van der Waals surface area contributed by atoms with Crippen molar-refractivity contribution in [3.05, 3.63) is 42.5 Å². The van der Waals surface area contributed by atoms with Gasteiger partial charge in [0.15, 0.2) is 0 Å². The normalized spacial score (nSPS) is 13.2. The number of rotatable bonds is 3. The van der Waals surface area contributed by atoms with Crippen LogP contribution < -0.4 is 29.6 Å². The van der Waals surface area contributed by atoms with Crippen LogP contribution >= 0.6 is 0 Å². The van der Waals surface area contributed by atoms with Gasteiger partial charge in [0, 0.05) is 21.5 Å². The summed E-state index contributed by atoms with van der Waals surface area (Å²) in [4.78, 5) is -1.99. The molecule has 0 aliphatic rings. The van der Waals surface area contributed by atoms with Crippen LogP contribution in [0.5, 0.6) is 0 Å². The van der Waals surface area contributed by atoms with E-state index in [1.54, 1.807) is 0 Å². The molecule has 0 spiro atoms. The summed E-state index contributed by atoms with van der Waals surface area (Å²) in [5, 5.41) is 0.455. The third-order valence-corrected chi connectivity index (χ3v) is 7.20. The van der Waals surface area contributed by atoms with Crippen LogP contribution in [0.25, 0.3) is 32.3 Å². The molecule has 0 aliphatic heterocycles. The fourth-order valence-corrected chi connectivity index (χ4v) is 5.65. The van der Waals surface area contributed by atoms with Gasteiger partial charge in [0.05, 0.1) is 0 Å². The molecule has 0 bridgehead atoms. The Morgan fingerprint density at radius 3 is 1.38 bits per heavy atom. The van der Waals surface area contributed by atoms with E-state index in [4.69, 9.17) is 0 Å². The second-order valence-electron chi connectivity index (χ2n) is 6.11. The first-order valence-electron chi connectivity index (χ1n) is 7.47. The zero-order valence-corrected chi connectivity index (χ0v) is 19.0. The molecule has 0 aromatic heterocycles. The maximum atomic E-state index is 11.8. The van der Waals surface area contributed by atoms with Crippen molar-refractivity contribution in [3.8, 4) is 0 Å². The third-order valence-electron chi connectivity index (χ3n) is 4.50. The molecule has 4 rings (SSSR count). The molecule has 0 saturated carbocycles. The van der Waals surface area contributed by atoms with E-state index in [9.17, 15) is 38.9 Å². The summed E-state index contributed by atoms with van der Waals surface area (Å²) in [5.74, 6) is 0. The first kappa shape index (κ1) is 22.3. The van der Waals surface area contributed by atoms with Gasteiger partial charge in [-0.05, 0) is 22.9 Å². The zero-order valence-electron chi connectivity index (χ0n) is 15.6. The van der Waals surface area contributed by atoms with Crippen LogP contribution in [0, 0.1) is 0 Å². The maximum absolute atomic E-state index is 11.8. The summed E-state index contributed by atoms with van der Waals surface area (Å²) in [7, 11) is -14.4. The average Bonchev–Trinajstić information content (AvgIpc) is 2.55. The van der Waals surface area contributed by atoms with Gasteiger partial charge < -0.3 is 1.43 Å². The molecular formula is C16H11NaO9S3. The smallest absolute Gasteiger partial charge is 1.00 e. The summed E-state index contributed by atoms with van der Waals surface area (Å²) >= 11 is 0. The minimum atomic E-state index is -4.89. The molecule has 0 saturated heterocycles. The third kappa shape index (κ3) is 3.54. The quantitative estimate of drug-likeness (QED) is 0.204. The minimum absolute atomic E-state index is 0. The van der Waals surface area contributed by atoms with Crippen LogP contribution in [0.4, 0.5) is 0 Å². The van der Waals surface area contributed by atoms with Crippen LogP contribution in [0.2, 0.25) is 0 Å². The van der Waals surface area contributed by atoms with Crippen molar-refractivity contribution >= 4 is 62.7 Å². The predicted octanol–water partition coefficient (Wildman–Crippen LogP) is -0.559. The molecule has 0 radical (unpaired) electrons. The molecule has 0 amide bonds. The summed E-state index contributed by atoms with van der Waals surface area (Å²) in [5.41, 5.74) is 0. The van der Waals surface area contributed by atoms with Crippen LogP contribution in [0.15, 0.2) is 57.2 Å². The van der Waals surface area contributed by atoms with Crippen molar-refractivity contribution in [1.82, 2.24) is 0 Å². The Morgan fingerprint density at radius 1 is 0.552 bits per heavy atom. The van der Waals surface area contributed by atoms with Crippen molar-refractivity contribution in [2.45, 2.75) is 14.7 Å². The molecule has 148 valence electrons. The van der Waals surface area contributed by atoms with Gasteiger partial charge >= 0.3 is 29.6 Å². The van der Waals surface area contributed by atoms with Crippen molar-refractivity contribution in [3.63, 3.8) is 0 Å². The van der Waals surface area contributed by atoms with Gasteiger partial charge in [0.1, 0.15) is 14.7 Å². The van der Waals surface area contributed by atoms with Crippen molar-refractivity contribution < 1.29 is 69.9 Å². The molecular weight excluding hydrogens is 455 g/mol. The van der Waals surface area contributed by atoms with Crippen LogP contribution in [-0.4, -0.2) is 38.9 Å². The van der Waals surface area contributed by atoms with Crippen LogP contribution in [0.3, 0.4) is 0 Å². The zero-order chi connectivity index (χ0) is 20.6. The Balaban J connectivity index is 0.00000160. The Hall–Kier alpha value is -1.35. The van der Waals surface area contributed by atoms with Crippen molar-refractivity contribution in [2.24, 2.45) is 0 Å². The van der Waals surface area contributed by atoms with Gasteiger partial charge in [-0.15, -0.1) is 0 Å². The van der Waals surface area contributed by atoms with E-state index in [2.05, 4.69) is 0 Å². The van der Waals surface area contributed by atoms with Gasteiger partial charge in [-0.2, -0.15) is 25.3 Å². The Labute approximate surface area is 188 Å². The average molecular weight is 466 g/mol. The molecule has 0 fully saturated rings. The van der Waals surface area contributed by atoms with E-state index in [0.29, 0.717) is 11.5 Å². The van der Waals surface area contributed by atoms with Crippen molar-refractivity contribution in [1.29, 1.82) is 0 Å². The second-order valence-corrected chi connectivity index (χ2v) is 10.3. The van der Waals surface area contributed by atoms with E-state index >= 15 is 0 Å². The Bertz CT molecular complexity index is 1580. The maximum Gasteiger partial charge on any atom is 1.00 e. The molecule has 4 aromatic carbocycles. The van der Waals surface area contributed by atoms with Crippen LogP contribution in [0.1, 0.15) is 1.43 Å². The van der Waals surface area contributed by atoms with Gasteiger partial charge in [-0.1, -0.05) is 30.3 Å². The van der Waals surface area contributed by atoms with Gasteiger partial charge in [0.25, 0.3) is 30.4 Å². The summed E-state index contributed by atoms with van der Waals surface area (Å²) in [6, 6.07) is 8.37. The van der Waals surface area contributed by atoms with E-state index in [0.717, 1.165) is 6.07 Å². The molecule has 3 N–H and O–H groups in total. The van der Waals surface area contributed by atoms with E-state index in [1.807, 2.05) is 0 Å². The summed E-state index contributed by atoms with van der Waals surface area (Å²) in [6.45, 7) is 0. The molecule has 13 heteroatoms. The fourth-order valence-electron chi connectivity index (χ4n) is 3.46. The molecule has 0 atom stereocenters. The molecule has 9 nitrogen and oxygen atoms in total. The largest absolute Gasteiger partial charge is 1.00 e. The van der Waals surface area contributed by atoms with Gasteiger partial charge in [-0.25, -0.2) is 0 Å². The molecule has 0 aliphatic carbocycles. The van der Waals surface area contributed by atoms with Gasteiger partial charge in [-0.3, -0.25) is 13.7 Å². The second kappa shape index (κ2) is 6.83. The fraction of sp³-hybridized carbons (Fsp3) is 0. The standard InChI is InChI=1S/C16H10O9S3.Na.H/c17-26(18,19)12-6-2-8-1-3-10-13(27(20,21)22)7-14(28(23,24)25)11-5-4-9(12)15(8)16(10)11;;/h1-7H,(H,17,18,19)(H,20,21,22)(H,23,24,25);;/q;+1;-1. The van der Waals surface area contributed by atoms with E-state index in [1.165, 1.54) is 30.3 Å². The topological polar surface area (TPSA) is 163 Å². The predicted molar refractivity (Wildman–Crippen MR) is 101 cm³/mol. The minimum Gasteiger partial charge on any atom is -1.00 e. The van der Waals surface area contributed by atoms with E-state index < -0.39 is 45.0 Å². The molecule has 0 unspecified atom stereocenters. The Kier molecular flexibility index (Phi) is 5.26. The number of hydrogen-bond acceptors (Lipinski definition) is 6. The molecule has 0 heterocycles. The summed E-state index contributed by atoms with van der Waals surface area (Å²) in [6.07, 6.45) is 0. The Morgan fingerprint density at radius 2 is 0.931 bits per heavy atom. The monoisotopic (exact) mass is 466 g/mol. The van der Waals surface area contributed by atoms with Gasteiger partial charge in [0.2, 0.25) is 0 Å². The number of benzene rings is 4. The summed E-state index contributed by atoms with van der Waals surface area (Å²) < 4.78 is 99.3. The first-order valence-corrected chi connectivity index (χ1v) is 11.8. The van der Waals surface area contributed by atoms with Crippen molar-refractivity contribution in [2.75, 3.05) is 0 Å². The molecule has 29 heavy (non-hydrogen) atoms. The number of hydrogen-bond donors (Lipinski definition) is 3. The first-order chi connectivity index (χ1) is 12.8. The van der Waals surface area contributed by atoms with Crippen LogP contribution in [-0.2, 0) is 30.4 Å².